The van der Waals surface area contributed by atoms with Crippen molar-refractivity contribution in [3.63, 3.8) is 0 Å². The number of methoxy groups -OCH3 is 1. The highest BCUT2D eigenvalue weighted by Gasteiger charge is 2.69. The van der Waals surface area contributed by atoms with Crippen LogP contribution in [0.5, 0.6) is 5.88 Å². The molecule has 1 aliphatic carbocycles. The maximum absolute atomic E-state index is 13.2. The van der Waals surface area contributed by atoms with Crippen LogP contribution in [0.4, 0.5) is 13.2 Å². The molecule has 1 aromatic heterocycles. The zero-order valence-corrected chi connectivity index (χ0v) is 15.5. The minimum Gasteiger partial charge on any atom is -0.479 e. The zero-order valence-electron chi connectivity index (χ0n) is 15.5. The molecule has 1 aromatic rings. The van der Waals surface area contributed by atoms with Crippen LogP contribution in [0.3, 0.4) is 0 Å². The molecule has 0 radical (unpaired) electrons. The Bertz CT molecular complexity index is 774. The Morgan fingerprint density at radius 2 is 2.07 bits per heavy atom. The largest absolute Gasteiger partial charge is 0.479 e. The molecule has 4 rings (SSSR count). The van der Waals surface area contributed by atoms with Gasteiger partial charge in [0.25, 0.3) is 5.88 Å². The van der Waals surface area contributed by atoms with Crippen molar-refractivity contribution >= 4 is 11.8 Å². The summed E-state index contributed by atoms with van der Waals surface area (Å²) in [6, 6.07) is 1.50. The van der Waals surface area contributed by atoms with E-state index in [2.05, 4.69) is 5.16 Å². The van der Waals surface area contributed by atoms with E-state index in [1.54, 1.807) is 11.0 Å². The topological polar surface area (TPSA) is 75.9 Å². The second-order valence-electron chi connectivity index (χ2n) is 7.84. The summed E-state index contributed by atoms with van der Waals surface area (Å²) in [5.74, 6) is -0.196. The SMILES string of the molecule is COc1cc(CC(=O)N2CC[C@@H]3CN(C(=O)C4(C(F)(F)F)CC4)CC[C@@H]32)on1. The fourth-order valence-corrected chi connectivity index (χ4v) is 4.45. The molecule has 2 saturated heterocycles. The summed E-state index contributed by atoms with van der Waals surface area (Å²) in [7, 11) is 1.45. The molecule has 10 heteroatoms. The Balaban J connectivity index is 1.37. The summed E-state index contributed by atoms with van der Waals surface area (Å²) in [6.45, 7) is 1.06. The lowest BCUT2D eigenvalue weighted by molar-refractivity contribution is -0.199. The second kappa shape index (κ2) is 6.66. The first-order valence-corrected chi connectivity index (χ1v) is 9.40. The van der Waals surface area contributed by atoms with Crippen LogP contribution in [0.1, 0.15) is 31.4 Å². The third kappa shape index (κ3) is 3.12. The number of piperidine rings is 1. The molecule has 154 valence electrons. The molecule has 3 heterocycles. The van der Waals surface area contributed by atoms with Crippen LogP contribution in [0, 0.1) is 11.3 Å². The summed E-state index contributed by atoms with van der Waals surface area (Å²) < 4.78 is 49.7. The Morgan fingerprint density at radius 1 is 1.32 bits per heavy atom. The van der Waals surface area contributed by atoms with E-state index in [0.29, 0.717) is 31.0 Å². The van der Waals surface area contributed by atoms with Gasteiger partial charge in [0, 0.05) is 31.7 Å². The summed E-state index contributed by atoms with van der Waals surface area (Å²) in [5.41, 5.74) is -2.17. The summed E-state index contributed by atoms with van der Waals surface area (Å²) in [4.78, 5) is 28.3. The molecule has 3 aliphatic rings. The van der Waals surface area contributed by atoms with Crippen molar-refractivity contribution in [2.45, 2.75) is 44.3 Å². The van der Waals surface area contributed by atoms with E-state index < -0.39 is 17.5 Å². The first-order valence-electron chi connectivity index (χ1n) is 9.40. The average Bonchev–Trinajstić information content (AvgIpc) is 3.19. The van der Waals surface area contributed by atoms with Gasteiger partial charge in [-0.1, -0.05) is 0 Å². The lowest BCUT2D eigenvalue weighted by Crippen LogP contribution is -2.53. The number of halogens is 3. The normalized spacial score (nSPS) is 26.1. The molecule has 2 amide bonds. The van der Waals surface area contributed by atoms with Gasteiger partial charge in [-0.3, -0.25) is 9.59 Å². The van der Waals surface area contributed by atoms with Crippen LogP contribution in [-0.2, 0) is 16.0 Å². The van der Waals surface area contributed by atoms with Crippen molar-refractivity contribution < 1.29 is 32.0 Å². The van der Waals surface area contributed by atoms with E-state index in [1.807, 2.05) is 0 Å². The Hall–Kier alpha value is -2.26. The van der Waals surface area contributed by atoms with E-state index >= 15 is 0 Å². The van der Waals surface area contributed by atoms with Gasteiger partial charge in [0.05, 0.1) is 13.5 Å². The second-order valence-corrected chi connectivity index (χ2v) is 7.84. The molecule has 0 aromatic carbocycles. The quantitative estimate of drug-likeness (QED) is 0.772. The number of rotatable bonds is 4. The Morgan fingerprint density at radius 3 is 2.68 bits per heavy atom. The van der Waals surface area contributed by atoms with Gasteiger partial charge in [-0.05, 0) is 36.8 Å². The maximum atomic E-state index is 13.2. The number of alkyl halides is 3. The van der Waals surface area contributed by atoms with Crippen molar-refractivity contribution in [1.29, 1.82) is 0 Å². The van der Waals surface area contributed by atoms with Crippen LogP contribution < -0.4 is 4.74 Å². The number of carbonyl (C=O) groups is 2. The fourth-order valence-electron chi connectivity index (χ4n) is 4.45. The molecule has 28 heavy (non-hydrogen) atoms. The highest BCUT2D eigenvalue weighted by Crippen LogP contribution is 2.59. The first-order chi connectivity index (χ1) is 13.2. The molecular weight excluding hydrogens is 379 g/mol. The van der Waals surface area contributed by atoms with Crippen molar-refractivity contribution in [2.75, 3.05) is 26.7 Å². The third-order valence-corrected chi connectivity index (χ3v) is 6.22. The molecule has 0 bridgehead atoms. The molecule has 7 nitrogen and oxygen atoms in total. The molecule has 2 aliphatic heterocycles. The summed E-state index contributed by atoms with van der Waals surface area (Å²) in [6.07, 6.45) is -3.50. The molecule has 2 atom stereocenters. The van der Waals surface area contributed by atoms with Gasteiger partial charge in [-0.25, -0.2) is 0 Å². The van der Waals surface area contributed by atoms with Gasteiger partial charge < -0.3 is 19.1 Å². The van der Waals surface area contributed by atoms with Crippen molar-refractivity contribution in [3.05, 3.63) is 11.8 Å². The number of hydrogen-bond donors (Lipinski definition) is 0. The van der Waals surface area contributed by atoms with Crippen LogP contribution in [0.25, 0.3) is 0 Å². The van der Waals surface area contributed by atoms with Crippen molar-refractivity contribution in [1.82, 2.24) is 15.0 Å². The van der Waals surface area contributed by atoms with Crippen LogP contribution in [0.2, 0.25) is 0 Å². The smallest absolute Gasteiger partial charge is 0.403 e. The Kier molecular flexibility index (Phi) is 4.54. The molecular formula is C18H22F3N3O4. The third-order valence-electron chi connectivity index (χ3n) is 6.22. The molecule has 0 N–H and O–H groups in total. The number of likely N-dealkylation sites (tertiary alicyclic amines) is 2. The molecule has 0 spiro atoms. The van der Waals surface area contributed by atoms with Crippen LogP contribution in [0.15, 0.2) is 10.6 Å². The highest BCUT2D eigenvalue weighted by atomic mass is 19.4. The lowest BCUT2D eigenvalue weighted by Gasteiger charge is -2.39. The maximum Gasteiger partial charge on any atom is 0.403 e. The Labute approximate surface area is 159 Å². The zero-order chi connectivity index (χ0) is 20.1. The average molecular weight is 401 g/mol. The lowest BCUT2D eigenvalue weighted by atomic mass is 9.91. The number of amides is 2. The van der Waals surface area contributed by atoms with Crippen molar-refractivity contribution in [3.8, 4) is 5.88 Å². The van der Waals surface area contributed by atoms with Gasteiger partial charge in [0.2, 0.25) is 11.8 Å². The summed E-state index contributed by atoms with van der Waals surface area (Å²) >= 11 is 0. The number of aromatic nitrogens is 1. The summed E-state index contributed by atoms with van der Waals surface area (Å²) in [5, 5.41) is 3.67. The van der Waals surface area contributed by atoms with Gasteiger partial charge in [0.1, 0.15) is 11.2 Å². The van der Waals surface area contributed by atoms with E-state index in [4.69, 9.17) is 9.26 Å². The first kappa shape index (κ1) is 19.1. The number of fused-ring (bicyclic) bond motifs is 1. The number of hydrogen-bond acceptors (Lipinski definition) is 5. The minimum absolute atomic E-state index is 0.00921. The predicted octanol–water partition coefficient (Wildman–Crippen LogP) is 2.02. The molecule has 1 saturated carbocycles. The van der Waals surface area contributed by atoms with E-state index in [9.17, 15) is 22.8 Å². The monoisotopic (exact) mass is 401 g/mol. The van der Waals surface area contributed by atoms with Gasteiger partial charge in [0.15, 0.2) is 0 Å². The van der Waals surface area contributed by atoms with Crippen molar-refractivity contribution in [2.24, 2.45) is 11.3 Å². The standard InChI is InChI=1S/C18H22F3N3O4/c1-27-14-8-12(28-22-14)9-15(25)24-7-2-11-10-23(6-3-13(11)24)16(26)17(4-5-17)18(19,20)21/h8,11,13H,2-7,9-10H2,1H3/t11-,13+/m1/s1. The number of ether oxygens (including phenoxy) is 1. The van der Waals surface area contributed by atoms with Gasteiger partial charge in [-0.15, -0.1) is 0 Å². The van der Waals surface area contributed by atoms with Crippen LogP contribution in [-0.4, -0.2) is 65.7 Å². The van der Waals surface area contributed by atoms with Gasteiger partial charge in [-0.2, -0.15) is 13.2 Å². The number of carbonyl (C=O) groups excluding carboxylic acids is 2. The number of nitrogens with zero attached hydrogens (tertiary/aromatic N) is 3. The minimum atomic E-state index is -4.49. The van der Waals surface area contributed by atoms with Gasteiger partial charge >= 0.3 is 6.18 Å². The highest BCUT2D eigenvalue weighted by molar-refractivity contribution is 5.86. The van der Waals surface area contributed by atoms with Crippen LogP contribution >= 0.6 is 0 Å². The fraction of sp³-hybridized carbons (Fsp3) is 0.722. The van der Waals surface area contributed by atoms with E-state index in [-0.39, 0.29) is 50.2 Å². The predicted molar refractivity (Wildman–Crippen MR) is 89.3 cm³/mol. The van der Waals surface area contributed by atoms with E-state index in [1.165, 1.54) is 12.0 Å². The molecule has 3 fully saturated rings. The molecule has 0 unspecified atom stereocenters. The van der Waals surface area contributed by atoms with E-state index in [0.717, 1.165) is 0 Å².